The van der Waals surface area contributed by atoms with E-state index in [2.05, 4.69) is 19.1 Å². The Kier molecular flexibility index (Phi) is 1.98. The fraction of sp³-hybridized carbons (Fsp3) is 0.545. The smallest absolute Gasteiger partial charge is 0.223 e. The maximum Gasteiger partial charge on any atom is 0.223 e. The van der Waals surface area contributed by atoms with Gasteiger partial charge in [0, 0.05) is 13.5 Å². The van der Waals surface area contributed by atoms with Crippen LogP contribution in [0.2, 0.25) is 0 Å². The number of carbonyl (C=O) groups is 1. The average Bonchev–Trinajstić information content (AvgIpc) is 2.12. The van der Waals surface area contributed by atoms with Gasteiger partial charge in [0.1, 0.15) is 0 Å². The van der Waals surface area contributed by atoms with Crippen molar-refractivity contribution in [1.82, 2.24) is 4.90 Å². The summed E-state index contributed by atoms with van der Waals surface area (Å²) >= 11 is 0. The first kappa shape index (κ1) is 8.54. The lowest BCUT2D eigenvalue weighted by Crippen LogP contribution is -2.42. The van der Waals surface area contributed by atoms with Gasteiger partial charge in [0.15, 0.2) is 0 Å². The minimum atomic E-state index is 0.287. The van der Waals surface area contributed by atoms with Gasteiger partial charge in [-0.1, -0.05) is 17.7 Å². The zero-order valence-corrected chi connectivity index (χ0v) is 8.21. The number of likely N-dealkylation sites (tertiary alicyclic amines) is 1. The molecule has 0 bridgehead atoms. The third-order valence-corrected chi connectivity index (χ3v) is 2.99. The number of likely N-dealkylation sites (N-methyl/N-ethyl adjacent to an activating group) is 1. The van der Waals surface area contributed by atoms with Crippen molar-refractivity contribution in [3.63, 3.8) is 0 Å². The van der Waals surface area contributed by atoms with Gasteiger partial charge in [0.25, 0.3) is 0 Å². The zero-order valence-electron chi connectivity index (χ0n) is 8.21. The van der Waals surface area contributed by atoms with Gasteiger partial charge in [-0.2, -0.15) is 0 Å². The van der Waals surface area contributed by atoms with Crippen molar-refractivity contribution in [3.05, 3.63) is 23.3 Å². The third kappa shape index (κ3) is 1.41. The number of hydrogen-bond acceptors (Lipinski definition) is 1. The Bertz CT molecular complexity index is 301. The number of amides is 1. The number of rotatable bonds is 0. The average molecular weight is 177 g/mol. The number of carbonyl (C=O) groups excluding carboxylic acids is 1. The lowest BCUT2D eigenvalue weighted by molar-refractivity contribution is -0.132. The second kappa shape index (κ2) is 3.02. The van der Waals surface area contributed by atoms with Crippen LogP contribution in [0, 0.1) is 0 Å². The molecule has 1 aliphatic heterocycles. The first-order chi connectivity index (χ1) is 6.18. The maximum atomic E-state index is 11.4. The quantitative estimate of drug-likeness (QED) is 0.553. The molecule has 1 aliphatic carbocycles. The highest BCUT2D eigenvalue weighted by molar-refractivity contribution is 5.78. The zero-order chi connectivity index (χ0) is 9.42. The molecule has 0 saturated carbocycles. The summed E-state index contributed by atoms with van der Waals surface area (Å²) in [4.78, 5) is 13.3. The lowest BCUT2D eigenvalue weighted by Gasteiger charge is -2.36. The van der Waals surface area contributed by atoms with Crippen LogP contribution in [-0.4, -0.2) is 23.9 Å². The lowest BCUT2D eigenvalue weighted by atomic mass is 9.88. The van der Waals surface area contributed by atoms with Gasteiger partial charge >= 0.3 is 0 Å². The largest absolute Gasteiger partial charge is 0.339 e. The Morgan fingerprint density at radius 1 is 1.46 bits per heavy atom. The summed E-state index contributed by atoms with van der Waals surface area (Å²) in [5.41, 5.74) is 2.77. The highest BCUT2D eigenvalue weighted by Crippen LogP contribution is 2.29. The van der Waals surface area contributed by atoms with Crippen LogP contribution < -0.4 is 0 Å². The number of nitrogens with zero attached hydrogens (tertiary/aromatic N) is 1. The summed E-state index contributed by atoms with van der Waals surface area (Å²) in [6.45, 7) is 2.12. The molecular weight excluding hydrogens is 162 g/mol. The van der Waals surface area contributed by atoms with Crippen molar-refractivity contribution >= 4 is 5.91 Å². The number of allylic oxidation sites excluding steroid dienone is 2. The molecule has 0 radical (unpaired) electrons. The summed E-state index contributed by atoms with van der Waals surface area (Å²) < 4.78 is 0. The molecule has 1 unspecified atom stereocenters. The molecule has 13 heavy (non-hydrogen) atoms. The number of fused-ring (bicyclic) bond motifs is 1. The van der Waals surface area contributed by atoms with Crippen LogP contribution in [0.3, 0.4) is 0 Å². The second-order valence-corrected chi connectivity index (χ2v) is 3.92. The molecule has 2 heteroatoms. The van der Waals surface area contributed by atoms with Crippen molar-refractivity contribution < 1.29 is 4.79 Å². The van der Waals surface area contributed by atoms with E-state index >= 15 is 0 Å². The van der Waals surface area contributed by atoms with Crippen molar-refractivity contribution in [2.45, 2.75) is 32.2 Å². The summed E-state index contributed by atoms with van der Waals surface area (Å²) in [6, 6.07) is 0.352. The minimum Gasteiger partial charge on any atom is -0.339 e. The van der Waals surface area contributed by atoms with Crippen molar-refractivity contribution in [2.75, 3.05) is 7.05 Å². The van der Waals surface area contributed by atoms with Gasteiger partial charge in [0.05, 0.1) is 6.04 Å². The maximum absolute atomic E-state index is 11.4. The molecule has 0 aromatic carbocycles. The molecule has 2 nitrogen and oxygen atoms in total. The molecule has 70 valence electrons. The van der Waals surface area contributed by atoms with Crippen LogP contribution >= 0.6 is 0 Å². The van der Waals surface area contributed by atoms with E-state index in [9.17, 15) is 4.79 Å². The van der Waals surface area contributed by atoms with Gasteiger partial charge in [-0.15, -0.1) is 0 Å². The van der Waals surface area contributed by atoms with Crippen LogP contribution in [0.25, 0.3) is 0 Å². The first-order valence-corrected chi connectivity index (χ1v) is 4.81. The Balaban J connectivity index is 2.25. The molecule has 2 aliphatic rings. The van der Waals surface area contributed by atoms with E-state index in [1.165, 1.54) is 11.1 Å². The molecule has 0 aromatic rings. The Labute approximate surface area is 78.9 Å². The van der Waals surface area contributed by atoms with Crippen molar-refractivity contribution in [2.24, 2.45) is 0 Å². The van der Waals surface area contributed by atoms with E-state index < -0.39 is 0 Å². The van der Waals surface area contributed by atoms with Crippen LogP contribution in [0.15, 0.2) is 23.3 Å². The van der Waals surface area contributed by atoms with Gasteiger partial charge in [-0.25, -0.2) is 0 Å². The van der Waals surface area contributed by atoms with E-state index in [1.807, 2.05) is 11.9 Å². The number of piperidine rings is 1. The molecule has 0 spiro atoms. The van der Waals surface area contributed by atoms with Gasteiger partial charge in [-0.3, -0.25) is 4.79 Å². The monoisotopic (exact) mass is 177 g/mol. The molecule has 1 saturated heterocycles. The van der Waals surface area contributed by atoms with Gasteiger partial charge in [-0.05, 0) is 25.3 Å². The predicted molar refractivity (Wildman–Crippen MR) is 52.2 cm³/mol. The third-order valence-electron chi connectivity index (χ3n) is 2.99. The van der Waals surface area contributed by atoms with E-state index in [-0.39, 0.29) is 5.91 Å². The highest BCUT2D eigenvalue weighted by Gasteiger charge is 2.29. The molecule has 1 amide bonds. The molecular formula is C11H15NO. The molecule has 1 atom stereocenters. The fourth-order valence-electron chi connectivity index (χ4n) is 2.14. The first-order valence-electron chi connectivity index (χ1n) is 4.81. The van der Waals surface area contributed by atoms with Crippen molar-refractivity contribution in [1.29, 1.82) is 0 Å². The molecule has 1 fully saturated rings. The topological polar surface area (TPSA) is 20.3 Å². The Hall–Kier alpha value is -1.05. The standard InChI is InChI=1S/C11H15NO/c1-8-3-5-10-9(7-8)4-6-11(13)12(10)2/h3,7,10H,4-6H2,1-2H3. The van der Waals surface area contributed by atoms with Crippen LogP contribution in [-0.2, 0) is 4.79 Å². The van der Waals surface area contributed by atoms with E-state index in [0.29, 0.717) is 12.5 Å². The minimum absolute atomic E-state index is 0.287. The SMILES string of the molecule is CC1=CCC2C(=C1)CCC(=O)N2C. The molecule has 2 rings (SSSR count). The van der Waals surface area contributed by atoms with Crippen LogP contribution in [0.1, 0.15) is 26.2 Å². The summed E-state index contributed by atoms with van der Waals surface area (Å²) in [5, 5.41) is 0. The fourth-order valence-corrected chi connectivity index (χ4v) is 2.14. The van der Waals surface area contributed by atoms with Crippen LogP contribution in [0.4, 0.5) is 0 Å². The predicted octanol–water partition coefficient (Wildman–Crippen LogP) is 1.88. The number of hydrogen-bond donors (Lipinski definition) is 0. The Morgan fingerprint density at radius 3 is 3.00 bits per heavy atom. The van der Waals surface area contributed by atoms with Crippen LogP contribution in [0.5, 0.6) is 0 Å². The molecule has 0 N–H and O–H groups in total. The molecule has 0 aromatic heterocycles. The van der Waals surface area contributed by atoms with Crippen molar-refractivity contribution in [3.8, 4) is 0 Å². The highest BCUT2D eigenvalue weighted by atomic mass is 16.2. The van der Waals surface area contributed by atoms with Gasteiger partial charge < -0.3 is 4.90 Å². The summed E-state index contributed by atoms with van der Waals surface area (Å²) in [6.07, 6.45) is 7.09. The summed E-state index contributed by atoms with van der Waals surface area (Å²) in [7, 11) is 1.91. The van der Waals surface area contributed by atoms with E-state index in [4.69, 9.17) is 0 Å². The van der Waals surface area contributed by atoms with Gasteiger partial charge in [0.2, 0.25) is 5.91 Å². The van der Waals surface area contributed by atoms with E-state index in [1.54, 1.807) is 0 Å². The molecule has 1 heterocycles. The normalized spacial score (nSPS) is 28.0. The summed E-state index contributed by atoms with van der Waals surface area (Å²) in [5.74, 6) is 0.287. The van der Waals surface area contributed by atoms with E-state index in [0.717, 1.165) is 12.8 Å². The second-order valence-electron chi connectivity index (χ2n) is 3.92. The Morgan fingerprint density at radius 2 is 2.23 bits per heavy atom.